The van der Waals surface area contributed by atoms with Crippen molar-refractivity contribution in [1.29, 1.82) is 0 Å². The van der Waals surface area contributed by atoms with Gasteiger partial charge < -0.3 is 15.5 Å². The predicted octanol–water partition coefficient (Wildman–Crippen LogP) is 0.155. The van der Waals surface area contributed by atoms with Crippen molar-refractivity contribution in [1.82, 2.24) is 14.8 Å². The van der Waals surface area contributed by atoms with E-state index in [-0.39, 0.29) is 5.41 Å². The Morgan fingerprint density at radius 1 is 1.21 bits per heavy atom. The van der Waals surface area contributed by atoms with E-state index in [1.165, 1.54) is 31.9 Å². The Morgan fingerprint density at radius 2 is 1.95 bits per heavy atom. The molecule has 4 aliphatic heterocycles. The summed E-state index contributed by atoms with van der Waals surface area (Å²) in [7, 11) is 0. The number of hydrogen-bond donors (Lipinski definition) is 1. The molecule has 5 heterocycles. The van der Waals surface area contributed by atoms with Crippen LogP contribution in [0.3, 0.4) is 0 Å². The van der Waals surface area contributed by atoms with Gasteiger partial charge >= 0.3 is 0 Å². The smallest absolute Gasteiger partial charge is 0.0494 e. The largest absolute Gasteiger partial charge is 0.330 e. The number of pyridine rings is 1. The van der Waals surface area contributed by atoms with E-state index >= 15 is 0 Å². The molecule has 4 aliphatic rings. The Kier molecular flexibility index (Phi) is 2.65. The molecule has 2 N–H and O–H groups in total. The highest BCUT2D eigenvalue weighted by molar-refractivity contribution is 5.26. The van der Waals surface area contributed by atoms with Crippen LogP contribution in [0.15, 0.2) is 24.4 Å². The topological polar surface area (TPSA) is 45.4 Å². The minimum absolute atomic E-state index is 0.160. The van der Waals surface area contributed by atoms with Crippen LogP contribution in [-0.4, -0.2) is 60.6 Å². The van der Waals surface area contributed by atoms with E-state index in [4.69, 9.17) is 10.7 Å². The van der Waals surface area contributed by atoms with E-state index in [9.17, 15) is 0 Å². The molecule has 4 saturated heterocycles. The van der Waals surface area contributed by atoms with E-state index in [2.05, 4.69) is 21.9 Å². The van der Waals surface area contributed by atoms with Gasteiger partial charge in [-0.15, -0.1) is 0 Å². The lowest BCUT2D eigenvalue weighted by Gasteiger charge is -2.55. The Morgan fingerprint density at radius 3 is 2.53 bits per heavy atom. The van der Waals surface area contributed by atoms with Crippen LogP contribution in [0.2, 0.25) is 0 Å². The lowest BCUT2D eigenvalue weighted by Crippen LogP contribution is -2.65. The van der Waals surface area contributed by atoms with Gasteiger partial charge in [-0.05, 0) is 30.5 Å². The van der Waals surface area contributed by atoms with Gasteiger partial charge in [-0.25, -0.2) is 0 Å². The summed E-state index contributed by atoms with van der Waals surface area (Å²) in [5.41, 5.74) is 7.58. The fraction of sp³-hybridized carbons (Fsp3) is 0.667. The Hall–Kier alpha value is -0.970. The van der Waals surface area contributed by atoms with Crippen LogP contribution in [0.4, 0.5) is 0 Å². The summed E-state index contributed by atoms with van der Waals surface area (Å²) in [5.74, 6) is 1.31. The van der Waals surface area contributed by atoms with Gasteiger partial charge in [0.05, 0.1) is 0 Å². The highest BCUT2D eigenvalue weighted by Crippen LogP contribution is 2.46. The second-order valence-electron chi connectivity index (χ2n) is 6.44. The molecule has 1 aromatic heterocycles. The summed E-state index contributed by atoms with van der Waals surface area (Å²) in [6, 6.07) is 6.34. The van der Waals surface area contributed by atoms with Crippen molar-refractivity contribution in [3.05, 3.63) is 30.1 Å². The number of hydrogen-bond acceptors (Lipinski definition) is 4. The highest BCUT2D eigenvalue weighted by atomic mass is 15.3. The molecule has 5 rings (SSSR count). The van der Waals surface area contributed by atoms with E-state index in [0.717, 1.165) is 25.6 Å². The molecule has 0 amide bonds. The molecule has 0 spiro atoms. The third kappa shape index (κ3) is 1.67. The van der Waals surface area contributed by atoms with Gasteiger partial charge in [0.15, 0.2) is 0 Å². The summed E-state index contributed by atoms with van der Waals surface area (Å²) in [6.07, 6.45) is 1.93. The molecule has 4 fully saturated rings. The van der Waals surface area contributed by atoms with Gasteiger partial charge in [0.2, 0.25) is 0 Å². The summed E-state index contributed by atoms with van der Waals surface area (Å²) in [5, 5.41) is 0. The monoisotopic (exact) mass is 258 g/mol. The second kappa shape index (κ2) is 4.27. The van der Waals surface area contributed by atoms with E-state index in [1.807, 2.05) is 12.3 Å². The second-order valence-corrected chi connectivity index (χ2v) is 6.44. The predicted molar refractivity (Wildman–Crippen MR) is 74.8 cm³/mol. The zero-order valence-corrected chi connectivity index (χ0v) is 11.3. The van der Waals surface area contributed by atoms with Gasteiger partial charge in [0.25, 0.3) is 0 Å². The van der Waals surface area contributed by atoms with E-state index < -0.39 is 0 Å². The Balaban J connectivity index is 1.83. The van der Waals surface area contributed by atoms with E-state index in [0.29, 0.717) is 5.92 Å². The van der Waals surface area contributed by atoms with Crippen molar-refractivity contribution < 1.29 is 0 Å². The third-order valence-electron chi connectivity index (χ3n) is 5.44. The molecular weight excluding hydrogens is 236 g/mol. The van der Waals surface area contributed by atoms with Crippen LogP contribution < -0.4 is 5.73 Å². The Bertz CT molecular complexity index is 444. The average Bonchev–Trinajstić information content (AvgIpc) is 2.68. The molecule has 0 radical (unpaired) electrons. The molecule has 0 aromatic carbocycles. The van der Waals surface area contributed by atoms with Crippen molar-refractivity contribution in [3.8, 4) is 0 Å². The maximum Gasteiger partial charge on any atom is 0.0494 e. The zero-order valence-electron chi connectivity index (χ0n) is 11.3. The van der Waals surface area contributed by atoms with Crippen molar-refractivity contribution in [2.75, 3.05) is 45.8 Å². The van der Waals surface area contributed by atoms with Gasteiger partial charge in [-0.3, -0.25) is 4.98 Å². The first-order valence-corrected chi connectivity index (χ1v) is 7.38. The minimum atomic E-state index is 0.160. The van der Waals surface area contributed by atoms with Gasteiger partial charge in [0, 0.05) is 56.6 Å². The molecule has 1 aromatic rings. The number of aromatic nitrogens is 1. The lowest BCUT2D eigenvalue weighted by molar-refractivity contribution is -0.00460. The fourth-order valence-electron chi connectivity index (χ4n) is 4.69. The molecule has 19 heavy (non-hydrogen) atoms. The van der Waals surface area contributed by atoms with Crippen molar-refractivity contribution in [2.24, 2.45) is 17.6 Å². The number of piperidine rings is 2. The zero-order chi connectivity index (χ0) is 12.9. The van der Waals surface area contributed by atoms with E-state index in [1.54, 1.807) is 0 Å². The van der Waals surface area contributed by atoms with Gasteiger partial charge in [-0.1, -0.05) is 6.07 Å². The van der Waals surface area contributed by atoms with Crippen molar-refractivity contribution in [2.45, 2.75) is 5.41 Å². The SMILES string of the molecule is NCC1C2CN3CCN(C2)CC1(c1ccccn1)C3. The van der Waals surface area contributed by atoms with Crippen LogP contribution >= 0.6 is 0 Å². The molecular formula is C15H22N4. The van der Waals surface area contributed by atoms with Crippen LogP contribution in [-0.2, 0) is 5.41 Å². The lowest BCUT2D eigenvalue weighted by atomic mass is 9.62. The number of rotatable bonds is 2. The summed E-state index contributed by atoms with van der Waals surface area (Å²) >= 11 is 0. The molecule has 4 bridgehead atoms. The summed E-state index contributed by atoms with van der Waals surface area (Å²) in [6.45, 7) is 7.95. The number of nitrogens with zero attached hydrogens (tertiary/aromatic N) is 3. The van der Waals surface area contributed by atoms with Crippen LogP contribution in [0.5, 0.6) is 0 Å². The first-order valence-electron chi connectivity index (χ1n) is 7.38. The molecule has 3 atom stereocenters. The summed E-state index contributed by atoms with van der Waals surface area (Å²) < 4.78 is 0. The molecule has 102 valence electrons. The molecule has 3 unspecified atom stereocenters. The molecule has 0 saturated carbocycles. The maximum atomic E-state index is 6.16. The highest BCUT2D eigenvalue weighted by Gasteiger charge is 2.54. The fourth-order valence-corrected chi connectivity index (χ4v) is 4.69. The van der Waals surface area contributed by atoms with Crippen LogP contribution in [0.1, 0.15) is 5.69 Å². The van der Waals surface area contributed by atoms with Crippen LogP contribution in [0.25, 0.3) is 0 Å². The first-order chi connectivity index (χ1) is 9.32. The average molecular weight is 258 g/mol. The Labute approximate surface area is 114 Å². The van der Waals surface area contributed by atoms with Crippen molar-refractivity contribution >= 4 is 0 Å². The van der Waals surface area contributed by atoms with Crippen LogP contribution in [0, 0.1) is 11.8 Å². The quantitative estimate of drug-likeness (QED) is 0.820. The van der Waals surface area contributed by atoms with Gasteiger partial charge in [-0.2, -0.15) is 0 Å². The maximum absolute atomic E-state index is 6.16. The minimum Gasteiger partial charge on any atom is -0.330 e. The molecule has 4 heteroatoms. The normalized spacial score (nSPS) is 44.3. The molecule has 4 nitrogen and oxygen atoms in total. The molecule has 0 aliphatic carbocycles. The number of fused-ring (bicyclic) bond motifs is 1. The number of nitrogens with two attached hydrogens (primary N) is 1. The third-order valence-corrected chi connectivity index (χ3v) is 5.44. The van der Waals surface area contributed by atoms with Crippen molar-refractivity contribution in [3.63, 3.8) is 0 Å². The summed E-state index contributed by atoms with van der Waals surface area (Å²) in [4.78, 5) is 9.97. The standard InChI is InChI=1S/C15H22N4/c16-7-13-12-8-18-5-6-19(9-12)11-15(13,10-18)14-3-1-2-4-17-14/h1-4,12-13H,5-11,16H2. The van der Waals surface area contributed by atoms with Gasteiger partial charge in [0.1, 0.15) is 0 Å². The first kappa shape index (κ1) is 11.8.